The number of Topliss-reactive ketones (excluding diaryl/α,β-unsaturated/α-hetero) is 2. The van der Waals surface area contributed by atoms with Crippen LogP contribution in [-0.4, -0.2) is 24.2 Å². The van der Waals surface area contributed by atoms with E-state index in [1.54, 1.807) is 0 Å². The lowest BCUT2D eigenvalue weighted by Gasteiger charge is -2.39. The minimum atomic E-state index is 0.215. The van der Waals surface area contributed by atoms with Gasteiger partial charge in [0.2, 0.25) is 0 Å². The average molecular weight is 389 g/mol. The molecule has 2 nitrogen and oxygen atoms in total. The summed E-state index contributed by atoms with van der Waals surface area (Å²) < 4.78 is 0. The largest absolute Gasteiger partial charge is 0.299 e. The third-order valence-electron chi connectivity index (χ3n) is 8.43. The second kappa shape index (κ2) is 5.69. The lowest BCUT2D eigenvalue weighted by molar-refractivity contribution is -0.129. The van der Waals surface area contributed by atoms with Gasteiger partial charge in [0.25, 0.3) is 0 Å². The molecule has 10 atom stereocenters. The molecule has 0 spiro atoms. The van der Waals surface area contributed by atoms with Gasteiger partial charge in [-0.15, -0.1) is 0 Å². The van der Waals surface area contributed by atoms with E-state index in [0.717, 1.165) is 38.5 Å². The van der Waals surface area contributed by atoms with Gasteiger partial charge in [-0.3, -0.25) is 9.59 Å². The molecular formula is C20H26BBrO2. The van der Waals surface area contributed by atoms with E-state index in [1.165, 1.54) is 12.8 Å². The molecule has 2 radical (unpaired) electrons. The monoisotopic (exact) mass is 388 g/mol. The van der Waals surface area contributed by atoms with Crippen LogP contribution in [0.15, 0.2) is 0 Å². The van der Waals surface area contributed by atoms with Crippen LogP contribution in [0.25, 0.3) is 0 Å². The summed E-state index contributed by atoms with van der Waals surface area (Å²) in [5.41, 5.74) is 0. The zero-order valence-corrected chi connectivity index (χ0v) is 15.8. The molecule has 0 N–H and O–H groups in total. The minimum absolute atomic E-state index is 0.215. The highest BCUT2D eigenvalue weighted by molar-refractivity contribution is 9.09. The highest BCUT2D eigenvalue weighted by atomic mass is 79.9. The van der Waals surface area contributed by atoms with Crippen molar-refractivity contribution in [2.45, 2.75) is 62.0 Å². The maximum Gasteiger partial charge on any atom is 0.139 e. The second-order valence-electron chi connectivity index (χ2n) is 9.34. The molecule has 5 fully saturated rings. The number of carbonyl (C=O) groups is 2. The van der Waals surface area contributed by atoms with Crippen LogP contribution < -0.4 is 0 Å². The Morgan fingerprint density at radius 3 is 1.79 bits per heavy atom. The van der Waals surface area contributed by atoms with Crippen molar-refractivity contribution in [3.8, 4) is 0 Å². The van der Waals surface area contributed by atoms with Crippen LogP contribution in [0.3, 0.4) is 0 Å². The third kappa shape index (κ3) is 2.20. The number of carbonyl (C=O) groups excluding carboxylic acids is 2. The molecule has 128 valence electrons. The Balaban J connectivity index is 1.42. The average Bonchev–Trinajstić information content (AvgIpc) is 2.99. The second-order valence-corrected chi connectivity index (χ2v) is 10.6. The maximum atomic E-state index is 13.1. The van der Waals surface area contributed by atoms with Crippen molar-refractivity contribution in [1.29, 1.82) is 0 Å². The molecule has 5 aliphatic carbocycles. The van der Waals surface area contributed by atoms with Gasteiger partial charge in [-0.25, -0.2) is 0 Å². The van der Waals surface area contributed by atoms with E-state index in [-0.39, 0.29) is 29.5 Å². The first-order valence-corrected chi connectivity index (χ1v) is 10.9. The molecule has 0 saturated heterocycles. The smallest absolute Gasteiger partial charge is 0.139 e. The number of hydrogen-bond donors (Lipinski definition) is 0. The van der Waals surface area contributed by atoms with E-state index < -0.39 is 0 Å². The highest BCUT2D eigenvalue weighted by Crippen LogP contribution is 2.61. The zero-order valence-electron chi connectivity index (χ0n) is 14.2. The fourth-order valence-electron chi connectivity index (χ4n) is 7.46. The number of alkyl halides is 1. The fraction of sp³-hybridized carbons (Fsp3) is 0.900. The van der Waals surface area contributed by atoms with Crippen molar-refractivity contribution in [2.24, 2.45) is 47.3 Å². The number of rotatable bonds is 0. The number of halogens is 1. The normalized spacial score (nSPS) is 56.4. The SMILES string of the molecule is [B]C1CCC2C(C1)C(=O)C1CC3C(CC12)C(=O)C1CC(Br)CCC13. The van der Waals surface area contributed by atoms with Gasteiger partial charge in [-0.1, -0.05) is 28.2 Å². The van der Waals surface area contributed by atoms with E-state index in [0.29, 0.717) is 40.1 Å². The molecule has 10 unspecified atom stereocenters. The Labute approximate surface area is 154 Å². The van der Waals surface area contributed by atoms with E-state index in [4.69, 9.17) is 7.85 Å². The first kappa shape index (κ1) is 16.1. The van der Waals surface area contributed by atoms with Gasteiger partial charge < -0.3 is 0 Å². The quantitative estimate of drug-likeness (QED) is 0.464. The molecule has 5 aliphatic rings. The van der Waals surface area contributed by atoms with Gasteiger partial charge in [0.05, 0.1) is 7.85 Å². The van der Waals surface area contributed by atoms with Crippen LogP contribution in [-0.2, 0) is 9.59 Å². The Morgan fingerprint density at radius 2 is 1.17 bits per heavy atom. The highest BCUT2D eigenvalue weighted by Gasteiger charge is 2.60. The number of fused-ring (bicyclic) bond motifs is 6. The molecule has 0 aliphatic heterocycles. The molecular weight excluding hydrogens is 363 g/mol. The van der Waals surface area contributed by atoms with Crippen molar-refractivity contribution in [3.63, 3.8) is 0 Å². The standard InChI is InChI=1S/C20H26BBrO2/c21-9-1-3-11-13-7-18-14(8-17(13)19(23)15(11)5-9)12-4-2-10(22)6-16(12)20(18)24/h9-18H,1-8H2. The van der Waals surface area contributed by atoms with Crippen LogP contribution in [0.2, 0.25) is 5.82 Å². The topological polar surface area (TPSA) is 34.1 Å². The van der Waals surface area contributed by atoms with Crippen molar-refractivity contribution in [3.05, 3.63) is 0 Å². The predicted molar refractivity (Wildman–Crippen MR) is 97.1 cm³/mol. The summed E-state index contributed by atoms with van der Waals surface area (Å²) in [5.74, 6) is 4.38. The van der Waals surface area contributed by atoms with Crippen molar-refractivity contribution < 1.29 is 9.59 Å². The van der Waals surface area contributed by atoms with Gasteiger partial charge in [-0.05, 0) is 68.6 Å². The van der Waals surface area contributed by atoms with Gasteiger partial charge in [-0.2, -0.15) is 0 Å². The molecule has 0 aromatic rings. The van der Waals surface area contributed by atoms with Crippen LogP contribution in [0.5, 0.6) is 0 Å². The Hall–Kier alpha value is -0.115. The molecule has 4 heteroatoms. The van der Waals surface area contributed by atoms with Gasteiger partial charge in [0.1, 0.15) is 11.6 Å². The first-order chi connectivity index (χ1) is 11.5. The number of hydrogen-bond acceptors (Lipinski definition) is 2. The Morgan fingerprint density at radius 1 is 0.667 bits per heavy atom. The van der Waals surface area contributed by atoms with Crippen LogP contribution in [0.4, 0.5) is 0 Å². The summed E-state index contributed by atoms with van der Waals surface area (Å²) in [7, 11) is 6.15. The van der Waals surface area contributed by atoms with Gasteiger partial charge >= 0.3 is 0 Å². The molecule has 0 heterocycles. The summed E-state index contributed by atoms with van der Waals surface area (Å²) in [6, 6.07) is 0. The summed E-state index contributed by atoms with van der Waals surface area (Å²) in [4.78, 5) is 26.7. The van der Waals surface area contributed by atoms with E-state index >= 15 is 0 Å². The predicted octanol–water partition coefficient (Wildman–Crippen LogP) is 3.96. The van der Waals surface area contributed by atoms with Gasteiger partial charge in [0, 0.05) is 28.5 Å². The maximum absolute atomic E-state index is 13.1. The van der Waals surface area contributed by atoms with E-state index in [2.05, 4.69) is 15.9 Å². The van der Waals surface area contributed by atoms with Crippen molar-refractivity contribution >= 4 is 35.3 Å². The third-order valence-corrected chi connectivity index (χ3v) is 9.26. The lowest BCUT2D eigenvalue weighted by atomic mass is 9.63. The first-order valence-electron chi connectivity index (χ1n) is 10.0. The van der Waals surface area contributed by atoms with Crippen molar-refractivity contribution in [1.82, 2.24) is 0 Å². The fourth-order valence-corrected chi connectivity index (χ4v) is 8.13. The van der Waals surface area contributed by atoms with Gasteiger partial charge in [0.15, 0.2) is 0 Å². The summed E-state index contributed by atoms with van der Waals surface area (Å²) in [6.07, 6.45) is 8.50. The van der Waals surface area contributed by atoms with Crippen LogP contribution >= 0.6 is 15.9 Å². The molecule has 24 heavy (non-hydrogen) atoms. The van der Waals surface area contributed by atoms with Crippen LogP contribution in [0.1, 0.15) is 51.4 Å². The Bertz CT molecular complexity index is 528. The zero-order chi connectivity index (χ0) is 16.6. The number of ketones is 2. The molecule has 0 amide bonds. The lowest BCUT2D eigenvalue weighted by Crippen LogP contribution is -2.35. The van der Waals surface area contributed by atoms with Crippen LogP contribution in [0, 0.1) is 47.3 Å². The van der Waals surface area contributed by atoms with E-state index in [9.17, 15) is 9.59 Å². The molecule has 0 bridgehead atoms. The van der Waals surface area contributed by atoms with E-state index in [1.807, 2.05) is 0 Å². The molecule has 0 aromatic heterocycles. The summed E-state index contributed by atoms with van der Waals surface area (Å²) in [6.45, 7) is 0. The van der Waals surface area contributed by atoms with Crippen molar-refractivity contribution in [2.75, 3.05) is 0 Å². The Kier molecular flexibility index (Phi) is 3.81. The molecule has 5 saturated carbocycles. The minimum Gasteiger partial charge on any atom is -0.299 e. The molecule has 5 rings (SSSR count). The molecule has 0 aromatic carbocycles. The summed E-state index contributed by atoms with van der Waals surface area (Å²) >= 11 is 3.74. The summed E-state index contributed by atoms with van der Waals surface area (Å²) in [5, 5.41) is 0.